The van der Waals surface area contributed by atoms with Crippen LogP contribution in [-0.4, -0.2) is 24.4 Å². The van der Waals surface area contributed by atoms with E-state index in [-0.39, 0.29) is 11.8 Å². The summed E-state index contributed by atoms with van der Waals surface area (Å²) < 4.78 is 0. The van der Waals surface area contributed by atoms with Gasteiger partial charge in [-0.25, -0.2) is 0 Å². The van der Waals surface area contributed by atoms with Crippen LogP contribution in [0.3, 0.4) is 0 Å². The quantitative estimate of drug-likeness (QED) is 0.807. The van der Waals surface area contributed by atoms with Gasteiger partial charge >= 0.3 is 0 Å². The molecule has 2 amide bonds. The molecule has 5 nitrogen and oxygen atoms in total. The monoisotopic (exact) mass is 377 g/mol. The Morgan fingerprint density at radius 1 is 1.40 bits per heavy atom. The molecule has 0 aliphatic carbocycles. The van der Waals surface area contributed by atoms with Gasteiger partial charge in [0.25, 0.3) is 0 Å². The molecule has 0 spiro atoms. The van der Waals surface area contributed by atoms with Crippen molar-refractivity contribution < 1.29 is 9.59 Å². The normalized spacial score (nSPS) is 15.3. The Morgan fingerprint density at radius 3 is 2.88 bits per heavy atom. The lowest BCUT2D eigenvalue weighted by Gasteiger charge is -2.19. The second-order valence-corrected chi connectivity index (χ2v) is 7.42. The van der Waals surface area contributed by atoms with E-state index in [0.29, 0.717) is 24.5 Å². The average Bonchev–Trinajstić information content (AvgIpc) is 3.24. The SMILES string of the molecule is C[C@H](Nc1ccc(N2CCCC2=O)c(Cl)c1)C(=O)NCc1cccs1. The van der Waals surface area contributed by atoms with Gasteiger partial charge in [-0.2, -0.15) is 0 Å². The number of hydrogen-bond donors (Lipinski definition) is 2. The van der Waals surface area contributed by atoms with Gasteiger partial charge in [0, 0.05) is 23.5 Å². The summed E-state index contributed by atoms with van der Waals surface area (Å²) in [5, 5.41) is 8.54. The molecule has 1 aliphatic heterocycles. The third-order valence-electron chi connectivity index (χ3n) is 4.11. The number of halogens is 1. The van der Waals surface area contributed by atoms with Crippen LogP contribution in [0.2, 0.25) is 5.02 Å². The fraction of sp³-hybridized carbons (Fsp3) is 0.333. The van der Waals surface area contributed by atoms with Crippen molar-refractivity contribution in [3.63, 3.8) is 0 Å². The summed E-state index contributed by atoms with van der Waals surface area (Å²) in [6, 6.07) is 8.98. The van der Waals surface area contributed by atoms with Gasteiger partial charge < -0.3 is 15.5 Å². The smallest absolute Gasteiger partial charge is 0.242 e. The van der Waals surface area contributed by atoms with Crippen molar-refractivity contribution in [1.29, 1.82) is 0 Å². The van der Waals surface area contributed by atoms with Crippen LogP contribution in [0.5, 0.6) is 0 Å². The zero-order valence-corrected chi connectivity index (χ0v) is 15.5. The van der Waals surface area contributed by atoms with E-state index >= 15 is 0 Å². The van der Waals surface area contributed by atoms with Crippen LogP contribution in [0.25, 0.3) is 0 Å². The first-order valence-corrected chi connectivity index (χ1v) is 9.47. The third-order valence-corrected chi connectivity index (χ3v) is 5.28. The summed E-state index contributed by atoms with van der Waals surface area (Å²) in [4.78, 5) is 26.9. The Balaban J connectivity index is 1.59. The van der Waals surface area contributed by atoms with E-state index in [9.17, 15) is 9.59 Å². The molecule has 1 aromatic heterocycles. The molecule has 0 radical (unpaired) electrons. The van der Waals surface area contributed by atoms with Crippen LogP contribution in [0.15, 0.2) is 35.7 Å². The molecular weight excluding hydrogens is 358 g/mol. The minimum Gasteiger partial charge on any atom is -0.374 e. The highest BCUT2D eigenvalue weighted by Gasteiger charge is 2.23. The molecule has 25 heavy (non-hydrogen) atoms. The molecule has 1 atom stereocenters. The van der Waals surface area contributed by atoms with E-state index in [2.05, 4.69) is 10.6 Å². The number of nitrogens with one attached hydrogen (secondary N) is 2. The Hall–Kier alpha value is -2.05. The molecule has 1 saturated heterocycles. The predicted molar refractivity (Wildman–Crippen MR) is 102 cm³/mol. The van der Waals surface area contributed by atoms with Gasteiger partial charge in [0.15, 0.2) is 0 Å². The summed E-state index contributed by atoms with van der Waals surface area (Å²) in [6.07, 6.45) is 1.42. The number of thiophene rings is 1. The molecule has 2 N–H and O–H groups in total. The minimum atomic E-state index is -0.393. The van der Waals surface area contributed by atoms with Crippen molar-refractivity contribution in [1.82, 2.24) is 5.32 Å². The zero-order valence-electron chi connectivity index (χ0n) is 13.9. The molecule has 132 valence electrons. The van der Waals surface area contributed by atoms with E-state index in [4.69, 9.17) is 11.6 Å². The summed E-state index contributed by atoms with van der Waals surface area (Å²) in [6.45, 7) is 3.03. The highest BCUT2D eigenvalue weighted by atomic mass is 35.5. The Morgan fingerprint density at radius 2 is 2.24 bits per heavy atom. The van der Waals surface area contributed by atoms with Crippen molar-refractivity contribution >= 4 is 46.1 Å². The number of anilines is 2. The molecule has 0 unspecified atom stereocenters. The van der Waals surface area contributed by atoms with Crippen LogP contribution < -0.4 is 15.5 Å². The first-order chi connectivity index (χ1) is 12.0. The predicted octanol–water partition coefficient (Wildman–Crippen LogP) is 3.65. The van der Waals surface area contributed by atoms with E-state index in [1.54, 1.807) is 29.2 Å². The largest absolute Gasteiger partial charge is 0.374 e. The zero-order chi connectivity index (χ0) is 17.8. The van der Waals surface area contributed by atoms with E-state index in [0.717, 1.165) is 22.7 Å². The molecule has 2 aromatic rings. The van der Waals surface area contributed by atoms with Gasteiger partial charge in [0.2, 0.25) is 11.8 Å². The number of carbonyl (C=O) groups is 2. The summed E-state index contributed by atoms with van der Waals surface area (Å²) in [7, 11) is 0. The maximum atomic E-state index is 12.2. The van der Waals surface area contributed by atoms with E-state index < -0.39 is 6.04 Å². The summed E-state index contributed by atoms with van der Waals surface area (Å²) in [5.41, 5.74) is 1.48. The topological polar surface area (TPSA) is 61.4 Å². The lowest BCUT2D eigenvalue weighted by molar-refractivity contribution is -0.121. The summed E-state index contributed by atoms with van der Waals surface area (Å²) >= 11 is 7.95. The number of benzene rings is 1. The molecule has 1 fully saturated rings. The first-order valence-electron chi connectivity index (χ1n) is 8.21. The number of nitrogens with zero attached hydrogens (tertiary/aromatic N) is 1. The molecule has 2 heterocycles. The molecular formula is C18H20ClN3O2S. The number of hydrogen-bond acceptors (Lipinski definition) is 4. The average molecular weight is 378 g/mol. The van der Waals surface area contributed by atoms with Crippen LogP contribution >= 0.6 is 22.9 Å². The molecule has 0 bridgehead atoms. The van der Waals surface area contributed by atoms with Crippen LogP contribution in [0.1, 0.15) is 24.6 Å². The first kappa shape index (κ1) is 17.8. The van der Waals surface area contributed by atoms with E-state index in [1.165, 1.54) is 0 Å². The molecule has 0 saturated carbocycles. The number of rotatable bonds is 6. The summed E-state index contributed by atoms with van der Waals surface area (Å²) in [5.74, 6) is 0.0206. The van der Waals surface area contributed by atoms with Gasteiger partial charge in [-0.15, -0.1) is 11.3 Å². The number of amides is 2. The minimum absolute atomic E-state index is 0.0803. The van der Waals surface area contributed by atoms with Crippen LogP contribution in [0.4, 0.5) is 11.4 Å². The van der Waals surface area contributed by atoms with Gasteiger partial charge in [-0.3, -0.25) is 9.59 Å². The maximum absolute atomic E-state index is 12.2. The fourth-order valence-corrected chi connectivity index (χ4v) is 3.70. The number of carbonyl (C=O) groups excluding carboxylic acids is 2. The van der Waals surface area contributed by atoms with Gasteiger partial charge in [0.05, 0.1) is 17.3 Å². The Labute approximate surface area is 156 Å². The van der Waals surface area contributed by atoms with Crippen molar-refractivity contribution in [2.45, 2.75) is 32.4 Å². The highest BCUT2D eigenvalue weighted by molar-refractivity contribution is 7.09. The molecule has 1 aromatic carbocycles. The second kappa shape index (κ2) is 7.89. The molecule has 3 rings (SSSR count). The molecule has 7 heteroatoms. The molecule has 1 aliphatic rings. The fourth-order valence-electron chi connectivity index (χ4n) is 2.77. The lowest BCUT2D eigenvalue weighted by Crippen LogP contribution is -2.37. The van der Waals surface area contributed by atoms with Crippen LogP contribution in [0, 0.1) is 0 Å². The van der Waals surface area contributed by atoms with Crippen molar-refractivity contribution in [2.75, 3.05) is 16.8 Å². The van der Waals surface area contributed by atoms with Gasteiger partial charge in [-0.05, 0) is 43.0 Å². The second-order valence-electron chi connectivity index (χ2n) is 5.98. The highest BCUT2D eigenvalue weighted by Crippen LogP contribution is 2.31. The van der Waals surface area contributed by atoms with Crippen LogP contribution in [-0.2, 0) is 16.1 Å². The maximum Gasteiger partial charge on any atom is 0.242 e. The Bertz CT molecular complexity index is 764. The van der Waals surface area contributed by atoms with Crippen molar-refractivity contribution in [2.24, 2.45) is 0 Å². The standard InChI is InChI=1S/C18H20ClN3O2S/c1-12(18(24)20-11-14-4-3-9-25-14)21-13-6-7-16(15(19)10-13)22-8-2-5-17(22)23/h3-4,6-7,9-10,12,21H,2,5,8,11H2,1H3,(H,20,24)/t12-/m0/s1. The van der Waals surface area contributed by atoms with Gasteiger partial charge in [0.1, 0.15) is 6.04 Å². The lowest BCUT2D eigenvalue weighted by atomic mass is 10.2. The van der Waals surface area contributed by atoms with Crippen molar-refractivity contribution in [3.05, 3.63) is 45.6 Å². The Kier molecular flexibility index (Phi) is 5.60. The van der Waals surface area contributed by atoms with E-state index in [1.807, 2.05) is 29.6 Å². The van der Waals surface area contributed by atoms with Gasteiger partial charge in [-0.1, -0.05) is 17.7 Å². The van der Waals surface area contributed by atoms with Crippen molar-refractivity contribution in [3.8, 4) is 0 Å². The third kappa shape index (κ3) is 4.32.